The van der Waals surface area contributed by atoms with Gasteiger partial charge in [-0.1, -0.05) is 60.7 Å². The average molecular weight is 413 g/mol. The zero-order valence-electron chi connectivity index (χ0n) is 15.6. The molecule has 0 spiro atoms. The van der Waals surface area contributed by atoms with Gasteiger partial charge in [-0.05, 0) is 55.2 Å². The molecule has 0 bridgehead atoms. The van der Waals surface area contributed by atoms with Crippen LogP contribution >= 0.6 is 23.2 Å². The van der Waals surface area contributed by atoms with Crippen molar-refractivity contribution in [3.05, 3.63) is 75.9 Å². The SMILES string of the molecule is O=C(NC1(Cc2cc(Cl)ccc2Cl)CCCCC1)c1cnc2ccccc2c1. The number of carbonyl (C=O) groups excluding carboxylic acids is 1. The highest BCUT2D eigenvalue weighted by molar-refractivity contribution is 6.33. The molecule has 1 fully saturated rings. The number of nitrogens with zero attached hydrogens (tertiary/aromatic N) is 1. The maximum absolute atomic E-state index is 13.1. The summed E-state index contributed by atoms with van der Waals surface area (Å²) < 4.78 is 0. The highest BCUT2D eigenvalue weighted by Crippen LogP contribution is 2.34. The normalized spacial score (nSPS) is 16.1. The van der Waals surface area contributed by atoms with Gasteiger partial charge in [0.15, 0.2) is 0 Å². The van der Waals surface area contributed by atoms with Crippen molar-refractivity contribution in [2.75, 3.05) is 0 Å². The lowest BCUT2D eigenvalue weighted by Gasteiger charge is -2.38. The van der Waals surface area contributed by atoms with Crippen LogP contribution in [0.2, 0.25) is 10.0 Å². The van der Waals surface area contributed by atoms with Crippen molar-refractivity contribution < 1.29 is 4.79 Å². The van der Waals surface area contributed by atoms with Crippen LogP contribution in [0, 0.1) is 0 Å². The maximum Gasteiger partial charge on any atom is 0.253 e. The number of rotatable bonds is 4. The molecule has 0 unspecified atom stereocenters. The van der Waals surface area contributed by atoms with E-state index in [0.29, 0.717) is 22.0 Å². The quantitative estimate of drug-likeness (QED) is 0.552. The number of amides is 1. The smallest absolute Gasteiger partial charge is 0.253 e. The van der Waals surface area contributed by atoms with E-state index >= 15 is 0 Å². The lowest BCUT2D eigenvalue weighted by Crippen LogP contribution is -2.51. The van der Waals surface area contributed by atoms with Crippen molar-refractivity contribution in [2.45, 2.75) is 44.1 Å². The molecule has 3 nitrogen and oxygen atoms in total. The molecule has 0 saturated heterocycles. The second-order valence-corrected chi connectivity index (χ2v) is 8.47. The summed E-state index contributed by atoms with van der Waals surface area (Å²) in [4.78, 5) is 17.5. The van der Waals surface area contributed by atoms with E-state index in [1.807, 2.05) is 42.5 Å². The Hall–Kier alpha value is -2.10. The Morgan fingerprint density at radius 2 is 1.82 bits per heavy atom. The molecular weight excluding hydrogens is 391 g/mol. The Morgan fingerprint density at radius 3 is 2.64 bits per heavy atom. The van der Waals surface area contributed by atoms with Crippen LogP contribution in [0.3, 0.4) is 0 Å². The molecule has 4 rings (SSSR count). The van der Waals surface area contributed by atoms with Gasteiger partial charge in [0.25, 0.3) is 5.91 Å². The molecule has 144 valence electrons. The molecule has 0 atom stereocenters. The molecule has 1 aliphatic rings. The van der Waals surface area contributed by atoms with E-state index in [1.165, 1.54) is 6.42 Å². The van der Waals surface area contributed by atoms with E-state index in [4.69, 9.17) is 23.2 Å². The topological polar surface area (TPSA) is 42.0 Å². The Bertz CT molecular complexity index is 1010. The number of pyridine rings is 1. The minimum absolute atomic E-state index is 0.0849. The molecule has 0 radical (unpaired) electrons. The number of hydrogen-bond donors (Lipinski definition) is 1. The van der Waals surface area contributed by atoms with Gasteiger partial charge in [-0.2, -0.15) is 0 Å². The summed E-state index contributed by atoms with van der Waals surface area (Å²) >= 11 is 12.6. The Kier molecular flexibility index (Phi) is 5.56. The summed E-state index contributed by atoms with van der Waals surface area (Å²) in [6.07, 6.45) is 7.58. The fraction of sp³-hybridized carbons (Fsp3) is 0.304. The largest absolute Gasteiger partial charge is 0.346 e. The summed E-state index contributed by atoms with van der Waals surface area (Å²) in [6.45, 7) is 0. The van der Waals surface area contributed by atoms with Crippen LogP contribution in [0.4, 0.5) is 0 Å². The standard InChI is InChI=1S/C23H22Cl2N2O/c24-19-8-9-20(25)17(13-19)14-23(10-4-1-5-11-23)27-22(28)18-12-16-6-2-3-7-21(16)26-15-18/h2-3,6-9,12-13,15H,1,4-5,10-11,14H2,(H,27,28). The van der Waals surface area contributed by atoms with Crippen molar-refractivity contribution in [1.29, 1.82) is 0 Å². The molecule has 1 amide bonds. The number of aromatic nitrogens is 1. The fourth-order valence-corrected chi connectivity index (χ4v) is 4.51. The molecule has 1 heterocycles. The lowest BCUT2D eigenvalue weighted by atomic mass is 9.77. The summed E-state index contributed by atoms with van der Waals surface area (Å²) in [5.41, 5.74) is 2.14. The van der Waals surface area contributed by atoms with Crippen LogP contribution in [-0.2, 0) is 6.42 Å². The van der Waals surface area contributed by atoms with E-state index in [-0.39, 0.29) is 11.4 Å². The van der Waals surface area contributed by atoms with Gasteiger partial charge in [0, 0.05) is 27.2 Å². The summed E-state index contributed by atoms with van der Waals surface area (Å²) in [6, 6.07) is 15.2. The number of hydrogen-bond acceptors (Lipinski definition) is 2. The van der Waals surface area contributed by atoms with Crippen molar-refractivity contribution in [2.24, 2.45) is 0 Å². The van der Waals surface area contributed by atoms with Gasteiger partial charge < -0.3 is 5.32 Å². The lowest BCUT2D eigenvalue weighted by molar-refractivity contribution is 0.0868. The number of halogens is 2. The number of nitrogens with one attached hydrogen (secondary N) is 1. The summed E-state index contributed by atoms with van der Waals surface area (Å²) in [5, 5.41) is 5.64. The first-order valence-electron chi connectivity index (χ1n) is 9.66. The highest BCUT2D eigenvalue weighted by atomic mass is 35.5. The van der Waals surface area contributed by atoms with Crippen LogP contribution in [0.25, 0.3) is 10.9 Å². The number of fused-ring (bicyclic) bond motifs is 1. The van der Waals surface area contributed by atoms with Crippen LogP contribution in [0.1, 0.15) is 48.0 Å². The first-order valence-corrected chi connectivity index (χ1v) is 10.4. The average Bonchev–Trinajstić information content (AvgIpc) is 2.71. The van der Waals surface area contributed by atoms with Gasteiger partial charge in [-0.25, -0.2) is 0 Å². The summed E-state index contributed by atoms with van der Waals surface area (Å²) in [7, 11) is 0. The van der Waals surface area contributed by atoms with E-state index < -0.39 is 0 Å². The van der Waals surface area contributed by atoms with Gasteiger partial charge in [0.1, 0.15) is 0 Å². The Morgan fingerprint density at radius 1 is 1.04 bits per heavy atom. The maximum atomic E-state index is 13.1. The van der Waals surface area contributed by atoms with Crippen LogP contribution in [-0.4, -0.2) is 16.4 Å². The van der Waals surface area contributed by atoms with E-state index in [1.54, 1.807) is 12.3 Å². The molecule has 2 aromatic carbocycles. The Balaban J connectivity index is 1.61. The predicted octanol–water partition coefficient (Wildman–Crippen LogP) is 6.22. The number of para-hydroxylation sites is 1. The molecule has 1 N–H and O–H groups in total. The van der Waals surface area contributed by atoms with Gasteiger partial charge in [-0.3, -0.25) is 9.78 Å². The van der Waals surface area contributed by atoms with Gasteiger partial charge in [-0.15, -0.1) is 0 Å². The third kappa shape index (κ3) is 4.16. The minimum Gasteiger partial charge on any atom is -0.346 e. The first-order chi connectivity index (χ1) is 13.5. The zero-order valence-corrected chi connectivity index (χ0v) is 17.1. The molecule has 5 heteroatoms. The summed E-state index contributed by atoms with van der Waals surface area (Å²) in [5.74, 6) is -0.0849. The fourth-order valence-electron chi connectivity index (χ4n) is 4.13. The van der Waals surface area contributed by atoms with Gasteiger partial charge in [0.2, 0.25) is 0 Å². The van der Waals surface area contributed by atoms with Crippen LogP contribution in [0.5, 0.6) is 0 Å². The van der Waals surface area contributed by atoms with E-state index in [0.717, 1.165) is 42.1 Å². The minimum atomic E-state index is -0.310. The molecule has 1 aliphatic carbocycles. The molecular formula is C23H22Cl2N2O. The van der Waals surface area contributed by atoms with Crippen LogP contribution in [0.15, 0.2) is 54.7 Å². The van der Waals surface area contributed by atoms with Gasteiger partial charge >= 0.3 is 0 Å². The monoisotopic (exact) mass is 412 g/mol. The second kappa shape index (κ2) is 8.10. The van der Waals surface area contributed by atoms with Crippen molar-refractivity contribution in [3.63, 3.8) is 0 Å². The zero-order chi connectivity index (χ0) is 19.6. The molecule has 1 saturated carbocycles. The van der Waals surface area contributed by atoms with Gasteiger partial charge in [0.05, 0.1) is 11.1 Å². The highest BCUT2D eigenvalue weighted by Gasteiger charge is 2.34. The molecule has 0 aliphatic heterocycles. The predicted molar refractivity (Wildman–Crippen MR) is 115 cm³/mol. The van der Waals surface area contributed by atoms with E-state index in [2.05, 4.69) is 10.3 Å². The number of carbonyl (C=O) groups is 1. The number of benzene rings is 2. The molecule has 28 heavy (non-hydrogen) atoms. The van der Waals surface area contributed by atoms with Crippen molar-refractivity contribution >= 4 is 40.0 Å². The van der Waals surface area contributed by atoms with Crippen molar-refractivity contribution in [3.8, 4) is 0 Å². The first kappa shape index (κ1) is 19.2. The molecule has 3 aromatic rings. The van der Waals surface area contributed by atoms with E-state index in [9.17, 15) is 4.79 Å². The Labute approximate surface area is 175 Å². The van der Waals surface area contributed by atoms with Crippen LogP contribution < -0.4 is 5.32 Å². The third-order valence-electron chi connectivity index (χ3n) is 5.58. The molecule has 1 aromatic heterocycles. The second-order valence-electron chi connectivity index (χ2n) is 7.62. The van der Waals surface area contributed by atoms with Crippen molar-refractivity contribution in [1.82, 2.24) is 10.3 Å². The third-order valence-corrected chi connectivity index (χ3v) is 6.18.